The Morgan fingerprint density at radius 1 is 1.21 bits per heavy atom. The van der Waals surface area contributed by atoms with Gasteiger partial charge in [-0.3, -0.25) is 4.68 Å². The minimum absolute atomic E-state index is 0.0657. The highest BCUT2D eigenvalue weighted by molar-refractivity contribution is 5.89. The second-order valence-electron chi connectivity index (χ2n) is 8.15. The Kier molecular flexibility index (Phi) is 7.71. The fourth-order valence-electron chi connectivity index (χ4n) is 3.96. The van der Waals surface area contributed by atoms with Crippen LogP contribution in [0.3, 0.4) is 0 Å². The van der Waals surface area contributed by atoms with E-state index in [-0.39, 0.29) is 24.6 Å². The summed E-state index contributed by atoms with van der Waals surface area (Å²) >= 11 is 0. The van der Waals surface area contributed by atoms with Gasteiger partial charge in [-0.2, -0.15) is 0 Å². The van der Waals surface area contributed by atoms with Gasteiger partial charge in [-0.25, -0.2) is 9.18 Å². The third-order valence-corrected chi connectivity index (χ3v) is 5.82. The molecule has 0 saturated carbocycles. The summed E-state index contributed by atoms with van der Waals surface area (Å²) < 4.78 is 26.0. The Morgan fingerprint density at radius 2 is 1.97 bits per heavy atom. The summed E-state index contributed by atoms with van der Waals surface area (Å²) in [4.78, 5) is 12.3. The minimum Gasteiger partial charge on any atom is -0.497 e. The molecule has 0 aliphatic carbocycles. The lowest BCUT2D eigenvalue weighted by Gasteiger charge is -2.36. The Labute approximate surface area is 196 Å². The summed E-state index contributed by atoms with van der Waals surface area (Å²) in [6, 6.07) is 12.4. The van der Waals surface area contributed by atoms with Crippen LogP contribution in [0.4, 0.5) is 14.9 Å². The molecule has 1 aliphatic heterocycles. The molecule has 0 unspecified atom stereocenters. The van der Waals surface area contributed by atoms with Gasteiger partial charge in [0.05, 0.1) is 32.1 Å². The Bertz CT molecular complexity index is 1070. The zero-order valence-corrected chi connectivity index (χ0v) is 18.9. The summed E-state index contributed by atoms with van der Waals surface area (Å²) in [5, 5.41) is 23.7. The topological polar surface area (TPSA) is 111 Å². The summed E-state index contributed by atoms with van der Waals surface area (Å²) in [7, 11) is 1.63. The van der Waals surface area contributed by atoms with Gasteiger partial charge in [0, 0.05) is 17.8 Å². The number of aromatic nitrogens is 3. The Hall–Kier alpha value is -3.50. The van der Waals surface area contributed by atoms with Crippen LogP contribution in [0, 0.1) is 5.82 Å². The molecule has 34 heavy (non-hydrogen) atoms. The van der Waals surface area contributed by atoms with Gasteiger partial charge in [0.15, 0.2) is 0 Å². The number of urea groups is 1. The zero-order valence-electron chi connectivity index (χ0n) is 18.9. The smallest absolute Gasteiger partial charge is 0.319 e. The molecule has 0 bridgehead atoms. The molecule has 9 nitrogen and oxygen atoms in total. The van der Waals surface area contributed by atoms with E-state index < -0.39 is 12.1 Å². The van der Waals surface area contributed by atoms with E-state index >= 15 is 0 Å². The SMILES string of the molecule is COc1ccc(-c2cn(CC[C@H]3CC[C@@H](NC(=O)Nc4ccc(F)cc4)[C@@H](CO)O3)nn2)cc1. The van der Waals surface area contributed by atoms with Gasteiger partial charge in [0.2, 0.25) is 0 Å². The largest absolute Gasteiger partial charge is 0.497 e. The number of benzene rings is 2. The van der Waals surface area contributed by atoms with Gasteiger partial charge in [0.25, 0.3) is 0 Å². The molecule has 1 aromatic heterocycles. The van der Waals surface area contributed by atoms with E-state index in [2.05, 4.69) is 20.9 Å². The van der Waals surface area contributed by atoms with Crippen molar-refractivity contribution in [3.05, 3.63) is 60.5 Å². The number of hydrogen-bond acceptors (Lipinski definition) is 6. The van der Waals surface area contributed by atoms with E-state index in [0.717, 1.165) is 23.4 Å². The highest BCUT2D eigenvalue weighted by Crippen LogP contribution is 2.24. The number of methoxy groups -OCH3 is 1. The number of halogens is 1. The fraction of sp³-hybridized carbons (Fsp3) is 0.375. The first-order chi connectivity index (χ1) is 16.5. The summed E-state index contributed by atoms with van der Waals surface area (Å²) in [5.41, 5.74) is 2.21. The van der Waals surface area contributed by atoms with Gasteiger partial charge in [-0.15, -0.1) is 5.10 Å². The number of hydrogen-bond donors (Lipinski definition) is 3. The van der Waals surface area contributed by atoms with Crippen LogP contribution in [0.15, 0.2) is 54.7 Å². The van der Waals surface area contributed by atoms with Crippen LogP contribution < -0.4 is 15.4 Å². The molecule has 1 fully saturated rings. The number of nitrogens with one attached hydrogen (secondary N) is 2. The molecule has 1 saturated heterocycles. The lowest BCUT2D eigenvalue weighted by Crippen LogP contribution is -2.52. The normalized spacial score (nSPS) is 20.0. The van der Waals surface area contributed by atoms with Crippen molar-refractivity contribution >= 4 is 11.7 Å². The summed E-state index contributed by atoms with van der Waals surface area (Å²) in [6.07, 6.45) is 3.42. The molecule has 0 spiro atoms. The predicted molar refractivity (Wildman–Crippen MR) is 124 cm³/mol. The lowest BCUT2D eigenvalue weighted by molar-refractivity contribution is -0.0905. The number of rotatable bonds is 8. The first kappa shape index (κ1) is 23.7. The average Bonchev–Trinajstić information content (AvgIpc) is 3.34. The quantitative estimate of drug-likeness (QED) is 0.467. The van der Waals surface area contributed by atoms with Gasteiger partial charge >= 0.3 is 6.03 Å². The van der Waals surface area contributed by atoms with Crippen LogP contribution in [0.25, 0.3) is 11.3 Å². The summed E-state index contributed by atoms with van der Waals surface area (Å²) in [5.74, 6) is 0.408. The van der Waals surface area contributed by atoms with Crippen LogP contribution in [0.5, 0.6) is 5.75 Å². The van der Waals surface area contributed by atoms with Crippen molar-refractivity contribution in [2.75, 3.05) is 19.0 Å². The maximum Gasteiger partial charge on any atom is 0.319 e. The number of nitrogens with zero attached hydrogens (tertiary/aromatic N) is 3. The highest BCUT2D eigenvalue weighted by atomic mass is 19.1. The predicted octanol–water partition coefficient (Wildman–Crippen LogP) is 3.21. The number of carbonyl (C=O) groups excluding carboxylic acids is 1. The Balaban J connectivity index is 1.25. The van der Waals surface area contributed by atoms with Gasteiger partial charge in [0.1, 0.15) is 23.4 Å². The van der Waals surface area contributed by atoms with Crippen molar-refractivity contribution in [2.24, 2.45) is 0 Å². The van der Waals surface area contributed by atoms with Crippen LogP contribution in [-0.4, -0.2) is 58.1 Å². The third-order valence-electron chi connectivity index (χ3n) is 5.82. The van der Waals surface area contributed by atoms with Crippen LogP contribution in [0.2, 0.25) is 0 Å². The number of aliphatic hydroxyl groups is 1. The molecule has 0 radical (unpaired) electrons. The average molecular weight is 470 g/mol. The first-order valence-corrected chi connectivity index (χ1v) is 11.2. The molecule has 10 heteroatoms. The van der Waals surface area contributed by atoms with E-state index in [1.54, 1.807) is 11.8 Å². The fourth-order valence-corrected chi connectivity index (χ4v) is 3.96. The number of ether oxygens (including phenoxy) is 2. The van der Waals surface area contributed by atoms with Gasteiger partial charge in [-0.05, 0) is 67.8 Å². The number of aryl methyl sites for hydroxylation is 1. The lowest BCUT2D eigenvalue weighted by atomic mass is 9.97. The molecule has 2 heterocycles. The van der Waals surface area contributed by atoms with E-state index in [1.807, 2.05) is 30.5 Å². The Morgan fingerprint density at radius 3 is 2.68 bits per heavy atom. The molecule has 180 valence electrons. The van der Waals surface area contributed by atoms with Crippen molar-refractivity contribution in [3.63, 3.8) is 0 Å². The number of aliphatic hydroxyl groups excluding tert-OH is 1. The molecule has 2 amide bonds. The molecule has 2 aromatic carbocycles. The first-order valence-electron chi connectivity index (χ1n) is 11.2. The monoisotopic (exact) mass is 469 g/mol. The van der Waals surface area contributed by atoms with Gasteiger partial charge in [-0.1, -0.05) is 5.21 Å². The number of carbonyl (C=O) groups is 1. The van der Waals surface area contributed by atoms with Crippen LogP contribution >= 0.6 is 0 Å². The molecular formula is C24H28FN5O4. The molecule has 3 aromatic rings. The maximum atomic E-state index is 13.0. The molecular weight excluding hydrogens is 441 g/mol. The van der Waals surface area contributed by atoms with E-state index in [0.29, 0.717) is 25.1 Å². The standard InChI is InChI=1S/C24H28FN5O4/c1-33-19-8-2-16(3-9-19)22-14-30(29-28-22)13-12-20-10-11-21(23(15-31)34-20)27-24(32)26-18-6-4-17(25)5-7-18/h2-9,14,20-21,23,31H,10-13,15H2,1H3,(H2,26,27,32)/t20-,21-,23-/m1/s1. The minimum atomic E-state index is -0.511. The third kappa shape index (κ3) is 6.09. The van der Waals surface area contributed by atoms with Crippen molar-refractivity contribution in [1.82, 2.24) is 20.3 Å². The van der Waals surface area contributed by atoms with Crippen molar-refractivity contribution < 1.29 is 23.8 Å². The van der Waals surface area contributed by atoms with Crippen LogP contribution in [-0.2, 0) is 11.3 Å². The van der Waals surface area contributed by atoms with E-state index in [1.165, 1.54) is 24.3 Å². The maximum absolute atomic E-state index is 13.0. The van der Waals surface area contributed by atoms with Crippen molar-refractivity contribution in [2.45, 2.75) is 44.1 Å². The molecule has 4 rings (SSSR count). The second kappa shape index (κ2) is 11.1. The van der Waals surface area contributed by atoms with Crippen molar-refractivity contribution in [1.29, 1.82) is 0 Å². The van der Waals surface area contributed by atoms with Gasteiger partial charge < -0.3 is 25.2 Å². The van der Waals surface area contributed by atoms with Crippen LogP contribution in [0.1, 0.15) is 19.3 Å². The molecule has 3 atom stereocenters. The second-order valence-corrected chi connectivity index (χ2v) is 8.15. The number of anilines is 1. The highest BCUT2D eigenvalue weighted by Gasteiger charge is 2.31. The zero-order chi connectivity index (χ0) is 23.9. The summed E-state index contributed by atoms with van der Waals surface area (Å²) in [6.45, 7) is 0.415. The van der Waals surface area contributed by atoms with Crippen molar-refractivity contribution in [3.8, 4) is 17.0 Å². The molecule has 3 N–H and O–H groups in total. The van der Waals surface area contributed by atoms with E-state index in [4.69, 9.17) is 9.47 Å². The number of amides is 2. The van der Waals surface area contributed by atoms with E-state index in [9.17, 15) is 14.3 Å². The molecule has 1 aliphatic rings.